The molecule has 3 rings (SSSR count). The maximum absolute atomic E-state index is 11.2. The molecule has 0 fully saturated rings. The summed E-state index contributed by atoms with van der Waals surface area (Å²) >= 11 is 1.16. The number of carbonyl (C=O) groups excluding carboxylic acids is 1. The lowest BCUT2D eigenvalue weighted by Crippen LogP contribution is -2.03. The van der Waals surface area contributed by atoms with E-state index in [9.17, 15) is 9.59 Å². The minimum absolute atomic E-state index is 0.00616. The van der Waals surface area contributed by atoms with Gasteiger partial charge in [0.2, 0.25) is 5.91 Å². The molecule has 0 spiro atoms. The summed E-state index contributed by atoms with van der Waals surface area (Å²) in [4.78, 5) is 24.9. The van der Waals surface area contributed by atoms with Crippen molar-refractivity contribution in [1.82, 2.24) is 4.98 Å². The van der Waals surface area contributed by atoms with Crippen molar-refractivity contribution in [2.24, 2.45) is 0 Å². The van der Waals surface area contributed by atoms with Gasteiger partial charge in [0.25, 0.3) is 0 Å². The van der Waals surface area contributed by atoms with Crippen molar-refractivity contribution in [2.45, 2.75) is 6.42 Å². The maximum Gasteiger partial charge on any atom is 0.305 e. The summed E-state index contributed by atoms with van der Waals surface area (Å²) in [5.41, 5.74) is 2.59. The number of hydrogen-bond donors (Lipinski definition) is 2. The van der Waals surface area contributed by atoms with Gasteiger partial charge in [-0.25, -0.2) is 0 Å². The van der Waals surface area contributed by atoms with E-state index in [2.05, 4.69) is 10.3 Å². The van der Waals surface area contributed by atoms with E-state index in [1.165, 1.54) is 0 Å². The van der Waals surface area contributed by atoms with Gasteiger partial charge in [-0.3, -0.25) is 9.59 Å². The molecule has 0 saturated carbocycles. The lowest BCUT2D eigenvalue weighted by atomic mass is 10.1. The number of nitrogens with one attached hydrogen (secondary N) is 2. The van der Waals surface area contributed by atoms with Gasteiger partial charge >= 0.3 is 4.87 Å². The summed E-state index contributed by atoms with van der Waals surface area (Å²) in [7, 11) is 0. The third-order valence-corrected chi connectivity index (χ3v) is 3.26. The monoisotopic (exact) mass is 206 g/mol. The van der Waals surface area contributed by atoms with E-state index in [0.29, 0.717) is 6.42 Å². The van der Waals surface area contributed by atoms with E-state index in [0.717, 1.165) is 32.8 Å². The number of amides is 1. The van der Waals surface area contributed by atoms with Gasteiger partial charge in [-0.2, -0.15) is 0 Å². The predicted octanol–water partition coefficient (Wildman–Crippen LogP) is 1.08. The molecule has 1 aliphatic heterocycles. The quantitative estimate of drug-likeness (QED) is 0.677. The Morgan fingerprint density at radius 1 is 1.29 bits per heavy atom. The normalized spacial score (nSPS) is 14.4. The molecular weight excluding hydrogens is 200 g/mol. The van der Waals surface area contributed by atoms with Gasteiger partial charge in [0.05, 0.1) is 16.6 Å². The van der Waals surface area contributed by atoms with Gasteiger partial charge in [-0.15, -0.1) is 0 Å². The van der Waals surface area contributed by atoms with Crippen molar-refractivity contribution in [2.75, 3.05) is 5.32 Å². The Kier molecular flexibility index (Phi) is 1.36. The Morgan fingerprint density at radius 2 is 2.14 bits per heavy atom. The average molecular weight is 206 g/mol. The second-order valence-corrected chi connectivity index (χ2v) is 4.19. The van der Waals surface area contributed by atoms with Crippen molar-refractivity contribution < 1.29 is 4.79 Å². The summed E-state index contributed by atoms with van der Waals surface area (Å²) < 4.78 is 0.894. The Hall–Kier alpha value is -1.62. The zero-order valence-electron chi connectivity index (χ0n) is 7.09. The molecule has 2 heterocycles. The molecule has 70 valence electrons. The van der Waals surface area contributed by atoms with Crippen molar-refractivity contribution in [3.63, 3.8) is 0 Å². The van der Waals surface area contributed by atoms with Crippen LogP contribution in [0.2, 0.25) is 0 Å². The number of carbonyl (C=O) groups is 1. The first-order valence-corrected chi connectivity index (χ1v) is 5.00. The fraction of sp³-hybridized carbons (Fsp3) is 0.111. The molecule has 0 atom stereocenters. The Bertz CT molecular complexity index is 596. The van der Waals surface area contributed by atoms with Gasteiger partial charge in [0.15, 0.2) is 0 Å². The molecule has 2 N–H and O–H groups in total. The molecule has 1 aromatic carbocycles. The molecule has 4 nitrogen and oxygen atoms in total. The lowest BCUT2D eigenvalue weighted by molar-refractivity contribution is -0.115. The number of aromatic amines is 1. The predicted molar refractivity (Wildman–Crippen MR) is 54.8 cm³/mol. The van der Waals surface area contributed by atoms with Gasteiger partial charge < -0.3 is 10.3 Å². The number of aromatic nitrogens is 1. The van der Waals surface area contributed by atoms with Gasteiger partial charge in [-0.1, -0.05) is 11.3 Å². The Labute approximate surface area is 82.6 Å². The van der Waals surface area contributed by atoms with E-state index in [-0.39, 0.29) is 10.8 Å². The summed E-state index contributed by atoms with van der Waals surface area (Å²) in [6.07, 6.45) is 0.375. The van der Waals surface area contributed by atoms with Crippen LogP contribution in [0.5, 0.6) is 0 Å². The molecule has 5 heteroatoms. The molecule has 0 bridgehead atoms. The smallest absolute Gasteiger partial charge is 0.305 e. The molecule has 1 aliphatic rings. The van der Waals surface area contributed by atoms with Crippen LogP contribution < -0.4 is 10.2 Å². The van der Waals surface area contributed by atoms with Gasteiger partial charge in [0, 0.05) is 11.3 Å². The molecule has 0 saturated heterocycles. The molecule has 14 heavy (non-hydrogen) atoms. The van der Waals surface area contributed by atoms with Crippen molar-refractivity contribution in [3.8, 4) is 0 Å². The fourth-order valence-electron chi connectivity index (χ4n) is 1.72. The Balaban J connectivity index is 2.43. The highest BCUT2D eigenvalue weighted by Gasteiger charge is 2.20. The molecular formula is C9H6N2O2S. The lowest BCUT2D eigenvalue weighted by Gasteiger charge is -1.97. The SMILES string of the molecule is O=C1Cc2c(ccc3[nH]c(=O)sc23)N1. The van der Waals surface area contributed by atoms with Gasteiger partial charge in [0.1, 0.15) is 0 Å². The molecule has 0 aliphatic carbocycles. The molecule has 2 aromatic rings. The number of hydrogen-bond acceptors (Lipinski definition) is 3. The highest BCUT2D eigenvalue weighted by Crippen LogP contribution is 2.31. The Morgan fingerprint density at radius 3 is 3.00 bits per heavy atom. The van der Waals surface area contributed by atoms with E-state index in [4.69, 9.17) is 0 Å². The number of rotatable bonds is 0. The molecule has 1 amide bonds. The minimum Gasteiger partial charge on any atom is -0.325 e. The van der Waals surface area contributed by atoms with Crippen LogP contribution in [0.25, 0.3) is 10.2 Å². The summed E-state index contributed by atoms with van der Waals surface area (Å²) in [5, 5.41) is 2.75. The molecule has 0 unspecified atom stereocenters. The zero-order chi connectivity index (χ0) is 9.71. The van der Waals surface area contributed by atoms with Crippen molar-refractivity contribution >= 4 is 33.1 Å². The van der Waals surface area contributed by atoms with E-state index in [1.54, 1.807) is 0 Å². The van der Waals surface area contributed by atoms with Crippen LogP contribution >= 0.6 is 11.3 Å². The molecule has 0 radical (unpaired) electrons. The van der Waals surface area contributed by atoms with Crippen LogP contribution in [0, 0.1) is 0 Å². The van der Waals surface area contributed by atoms with Crippen molar-refractivity contribution in [3.05, 3.63) is 27.4 Å². The number of benzene rings is 1. The van der Waals surface area contributed by atoms with E-state index < -0.39 is 0 Å². The summed E-state index contributed by atoms with van der Waals surface area (Å²) in [5.74, 6) is -0.00616. The third kappa shape index (κ3) is 0.927. The highest BCUT2D eigenvalue weighted by atomic mass is 32.1. The number of H-pyrrole nitrogens is 1. The third-order valence-electron chi connectivity index (χ3n) is 2.30. The molecule has 1 aromatic heterocycles. The summed E-state index contributed by atoms with van der Waals surface area (Å²) in [6.45, 7) is 0. The first kappa shape index (κ1) is 7.75. The van der Waals surface area contributed by atoms with Crippen LogP contribution in [0.1, 0.15) is 5.56 Å². The van der Waals surface area contributed by atoms with E-state index in [1.807, 2.05) is 12.1 Å². The number of fused-ring (bicyclic) bond motifs is 3. The second-order valence-electron chi connectivity index (χ2n) is 3.21. The first-order valence-electron chi connectivity index (χ1n) is 4.18. The largest absolute Gasteiger partial charge is 0.325 e. The minimum atomic E-state index is -0.0762. The van der Waals surface area contributed by atoms with Crippen LogP contribution in [-0.2, 0) is 11.2 Å². The standard InChI is InChI=1S/C9H6N2O2S/c12-7-3-4-5(10-7)1-2-6-8(4)14-9(13)11-6/h1-2H,3H2,(H,10,12)(H,11,13). The van der Waals surface area contributed by atoms with Crippen LogP contribution in [0.3, 0.4) is 0 Å². The van der Waals surface area contributed by atoms with Crippen LogP contribution in [0.4, 0.5) is 5.69 Å². The van der Waals surface area contributed by atoms with Crippen LogP contribution in [0.15, 0.2) is 16.9 Å². The highest BCUT2D eigenvalue weighted by molar-refractivity contribution is 7.16. The van der Waals surface area contributed by atoms with E-state index >= 15 is 0 Å². The second kappa shape index (κ2) is 2.45. The average Bonchev–Trinajstić information content (AvgIpc) is 2.65. The summed E-state index contributed by atoms with van der Waals surface area (Å²) in [6, 6.07) is 3.64. The van der Waals surface area contributed by atoms with Gasteiger partial charge in [-0.05, 0) is 12.1 Å². The zero-order valence-corrected chi connectivity index (χ0v) is 7.90. The van der Waals surface area contributed by atoms with Crippen molar-refractivity contribution in [1.29, 1.82) is 0 Å². The maximum atomic E-state index is 11.2. The topological polar surface area (TPSA) is 62.0 Å². The number of anilines is 1. The van der Waals surface area contributed by atoms with Crippen LogP contribution in [-0.4, -0.2) is 10.9 Å². The fourth-order valence-corrected chi connectivity index (χ4v) is 2.60. The number of thiazole rings is 1. The first-order chi connectivity index (χ1) is 6.74.